The molecule has 0 bridgehead atoms. The maximum Gasteiger partial charge on any atom is -0.0199 e. The molecule has 4 atom stereocenters. The lowest BCUT2D eigenvalue weighted by Gasteiger charge is -1.96. The zero-order valence-electron chi connectivity index (χ0n) is 4.88. The van der Waals surface area contributed by atoms with Crippen LogP contribution >= 0.6 is 0 Å². The summed E-state index contributed by atoms with van der Waals surface area (Å²) in [4.78, 5) is 0. The molecule has 0 saturated heterocycles. The van der Waals surface area contributed by atoms with Gasteiger partial charge in [-0.1, -0.05) is 12.2 Å². The van der Waals surface area contributed by atoms with E-state index in [1.54, 1.807) is 0 Å². The van der Waals surface area contributed by atoms with Gasteiger partial charge in [0.15, 0.2) is 0 Å². The Bertz CT molecular complexity index is 139. The Labute approximate surface area is 49.6 Å². The third-order valence-corrected chi connectivity index (χ3v) is 2.94. The number of allylic oxidation sites excluding steroid dienone is 2. The molecular weight excluding hydrogens is 96.1 g/mol. The molecule has 42 valence electrons. The predicted octanol–water partition coefficient (Wildman–Crippen LogP) is 1.83. The zero-order chi connectivity index (χ0) is 5.14. The van der Waals surface area contributed by atoms with Crippen molar-refractivity contribution in [2.75, 3.05) is 0 Å². The first-order chi connectivity index (χ1) is 3.95. The summed E-state index contributed by atoms with van der Waals surface area (Å²) in [7, 11) is 0. The maximum absolute atomic E-state index is 2.44. The highest BCUT2D eigenvalue weighted by Crippen LogP contribution is 2.62. The fourth-order valence-electron chi connectivity index (χ4n) is 2.18. The summed E-state index contributed by atoms with van der Waals surface area (Å²) in [5.74, 6) is 4.40. The molecule has 0 N–H and O–H groups in total. The van der Waals surface area contributed by atoms with Crippen LogP contribution in [0.2, 0.25) is 0 Å². The lowest BCUT2D eigenvalue weighted by Crippen LogP contribution is -1.89. The minimum atomic E-state index is 1.04. The monoisotopic (exact) mass is 106 g/mol. The molecule has 2 fully saturated rings. The first-order valence-electron chi connectivity index (χ1n) is 3.63. The molecule has 0 heterocycles. The molecule has 3 rings (SSSR count). The van der Waals surface area contributed by atoms with Crippen LogP contribution in [-0.4, -0.2) is 0 Å². The second kappa shape index (κ2) is 0.896. The van der Waals surface area contributed by atoms with Crippen LogP contribution in [0.3, 0.4) is 0 Å². The van der Waals surface area contributed by atoms with Crippen LogP contribution in [0.25, 0.3) is 0 Å². The van der Waals surface area contributed by atoms with Crippen LogP contribution in [0.4, 0.5) is 0 Å². The van der Waals surface area contributed by atoms with Crippen molar-refractivity contribution in [3.8, 4) is 0 Å². The molecule has 4 unspecified atom stereocenters. The Morgan fingerprint density at radius 2 is 1.38 bits per heavy atom. The Morgan fingerprint density at radius 3 is 1.88 bits per heavy atom. The van der Waals surface area contributed by atoms with Gasteiger partial charge in [0.05, 0.1) is 0 Å². The van der Waals surface area contributed by atoms with Gasteiger partial charge in [-0.05, 0) is 36.5 Å². The highest BCUT2D eigenvalue weighted by molar-refractivity contribution is 5.20. The second-order valence-electron chi connectivity index (χ2n) is 3.51. The van der Waals surface area contributed by atoms with E-state index in [1.807, 2.05) is 0 Å². The van der Waals surface area contributed by atoms with E-state index in [0.717, 1.165) is 23.7 Å². The molecule has 2 saturated carbocycles. The van der Waals surface area contributed by atoms with Gasteiger partial charge in [-0.25, -0.2) is 0 Å². The number of hydrogen-bond donors (Lipinski definition) is 0. The smallest absolute Gasteiger partial charge is 0.0199 e. The normalized spacial score (nSPS) is 64.0. The molecular formula is C8H10. The number of rotatable bonds is 0. The van der Waals surface area contributed by atoms with Gasteiger partial charge in [-0.3, -0.25) is 0 Å². The van der Waals surface area contributed by atoms with E-state index < -0.39 is 0 Å². The molecule has 0 aromatic rings. The summed E-state index contributed by atoms with van der Waals surface area (Å²) >= 11 is 0. The van der Waals surface area contributed by atoms with Crippen LogP contribution in [0, 0.1) is 23.7 Å². The lowest BCUT2D eigenvalue weighted by atomic mass is 10.1. The van der Waals surface area contributed by atoms with Gasteiger partial charge in [0.1, 0.15) is 0 Å². The highest BCUT2D eigenvalue weighted by Gasteiger charge is 2.54. The Balaban J connectivity index is 2.03. The van der Waals surface area contributed by atoms with Crippen molar-refractivity contribution in [2.24, 2.45) is 23.7 Å². The third-order valence-electron chi connectivity index (χ3n) is 2.94. The van der Waals surface area contributed by atoms with Gasteiger partial charge in [0.25, 0.3) is 0 Å². The first kappa shape index (κ1) is 3.71. The number of fused-ring (bicyclic) bond motifs is 3. The molecule has 0 radical (unpaired) electrons. The summed E-state index contributed by atoms with van der Waals surface area (Å²) in [5.41, 5.74) is 0. The zero-order valence-corrected chi connectivity index (χ0v) is 4.88. The van der Waals surface area contributed by atoms with E-state index in [2.05, 4.69) is 12.2 Å². The Kier molecular flexibility index (Phi) is 0.415. The van der Waals surface area contributed by atoms with Crippen molar-refractivity contribution in [3.63, 3.8) is 0 Å². The Hall–Kier alpha value is -0.260. The van der Waals surface area contributed by atoms with E-state index in [0.29, 0.717) is 0 Å². The quantitative estimate of drug-likeness (QED) is 0.413. The van der Waals surface area contributed by atoms with Crippen molar-refractivity contribution >= 4 is 0 Å². The van der Waals surface area contributed by atoms with Gasteiger partial charge in [-0.2, -0.15) is 0 Å². The molecule has 0 aliphatic heterocycles. The molecule has 0 nitrogen and oxygen atoms in total. The molecule has 0 spiro atoms. The molecule has 0 amide bonds. The third kappa shape index (κ3) is 0.300. The maximum atomic E-state index is 2.44. The summed E-state index contributed by atoms with van der Waals surface area (Å²) in [6.07, 6.45) is 7.94. The van der Waals surface area contributed by atoms with E-state index in [1.165, 1.54) is 12.8 Å². The minimum Gasteiger partial charge on any atom is -0.0848 e. The van der Waals surface area contributed by atoms with Gasteiger partial charge in [0, 0.05) is 0 Å². The predicted molar refractivity (Wildman–Crippen MR) is 32.3 cm³/mol. The fourth-order valence-corrected chi connectivity index (χ4v) is 2.18. The van der Waals surface area contributed by atoms with Crippen LogP contribution in [-0.2, 0) is 0 Å². The van der Waals surface area contributed by atoms with E-state index >= 15 is 0 Å². The van der Waals surface area contributed by atoms with Crippen molar-refractivity contribution in [2.45, 2.75) is 12.8 Å². The molecule has 0 aromatic heterocycles. The van der Waals surface area contributed by atoms with Gasteiger partial charge in [-0.15, -0.1) is 0 Å². The summed E-state index contributed by atoms with van der Waals surface area (Å²) in [5, 5.41) is 0. The lowest BCUT2D eigenvalue weighted by molar-refractivity contribution is 0.631. The topological polar surface area (TPSA) is 0 Å². The van der Waals surface area contributed by atoms with Gasteiger partial charge in [0.2, 0.25) is 0 Å². The second-order valence-corrected chi connectivity index (χ2v) is 3.51. The standard InChI is InChI=1S/C8H10/c1-2-6-4-8(6)7-3-5(1)7/h1-2,5-8H,3-4H2. The summed E-state index contributed by atoms with van der Waals surface area (Å²) < 4.78 is 0. The average molecular weight is 106 g/mol. The molecule has 0 heteroatoms. The van der Waals surface area contributed by atoms with Gasteiger partial charge < -0.3 is 0 Å². The molecule has 8 heavy (non-hydrogen) atoms. The number of hydrogen-bond acceptors (Lipinski definition) is 0. The van der Waals surface area contributed by atoms with Crippen molar-refractivity contribution in [3.05, 3.63) is 12.2 Å². The van der Waals surface area contributed by atoms with Crippen LogP contribution in [0.5, 0.6) is 0 Å². The van der Waals surface area contributed by atoms with Crippen LogP contribution < -0.4 is 0 Å². The minimum absolute atomic E-state index is 1.04. The Morgan fingerprint density at radius 1 is 0.875 bits per heavy atom. The van der Waals surface area contributed by atoms with E-state index in [4.69, 9.17) is 0 Å². The van der Waals surface area contributed by atoms with Crippen molar-refractivity contribution in [1.29, 1.82) is 0 Å². The van der Waals surface area contributed by atoms with Crippen molar-refractivity contribution in [1.82, 2.24) is 0 Å². The highest BCUT2D eigenvalue weighted by atomic mass is 14.6. The average Bonchev–Trinajstić information content (AvgIpc) is 2.59. The SMILES string of the molecule is C1=CC2CC2C2CC12. The van der Waals surface area contributed by atoms with Crippen molar-refractivity contribution < 1.29 is 0 Å². The fraction of sp³-hybridized carbons (Fsp3) is 0.750. The van der Waals surface area contributed by atoms with Gasteiger partial charge >= 0.3 is 0 Å². The van der Waals surface area contributed by atoms with Crippen LogP contribution in [0.1, 0.15) is 12.8 Å². The van der Waals surface area contributed by atoms with E-state index in [9.17, 15) is 0 Å². The van der Waals surface area contributed by atoms with E-state index in [-0.39, 0.29) is 0 Å². The molecule has 3 aliphatic rings. The first-order valence-corrected chi connectivity index (χ1v) is 3.63. The van der Waals surface area contributed by atoms with Crippen LogP contribution in [0.15, 0.2) is 12.2 Å². The summed E-state index contributed by atoms with van der Waals surface area (Å²) in [6.45, 7) is 0. The largest absolute Gasteiger partial charge is 0.0848 e. The molecule has 0 aromatic carbocycles. The summed E-state index contributed by atoms with van der Waals surface area (Å²) in [6, 6.07) is 0. The molecule has 3 aliphatic carbocycles.